The van der Waals surface area contributed by atoms with Crippen LogP contribution < -0.4 is 0 Å². The summed E-state index contributed by atoms with van der Waals surface area (Å²) in [6.45, 7) is 5.91. The summed E-state index contributed by atoms with van der Waals surface area (Å²) in [6.07, 6.45) is 0.476. The van der Waals surface area contributed by atoms with E-state index in [4.69, 9.17) is 0 Å². The van der Waals surface area contributed by atoms with Crippen LogP contribution in [0.25, 0.3) is 0 Å². The number of hydrogen-bond acceptors (Lipinski definition) is 2. The Morgan fingerprint density at radius 2 is 1.74 bits per heavy atom. The van der Waals surface area contributed by atoms with Crippen molar-refractivity contribution in [3.63, 3.8) is 0 Å². The molecule has 2 rings (SSSR count). The Bertz CT molecular complexity index is 586. The maximum atomic E-state index is 10.7. The minimum atomic E-state index is -0.938. The number of phenolic OH excluding ortho intramolecular Hbond substituents is 1. The van der Waals surface area contributed by atoms with Gasteiger partial charge >= 0.3 is 0 Å². The van der Waals surface area contributed by atoms with Gasteiger partial charge in [-0.15, -0.1) is 0 Å². The molecule has 2 aromatic rings. The second kappa shape index (κ2) is 5.06. The van der Waals surface area contributed by atoms with Crippen LogP contribution in [0.5, 0.6) is 5.75 Å². The summed E-state index contributed by atoms with van der Waals surface area (Å²) in [5, 5.41) is 20.1. The van der Waals surface area contributed by atoms with Gasteiger partial charge in [-0.2, -0.15) is 0 Å². The number of phenols is 1. The van der Waals surface area contributed by atoms with E-state index in [0.29, 0.717) is 6.42 Å². The molecule has 2 heteroatoms. The van der Waals surface area contributed by atoms with Crippen molar-refractivity contribution in [2.45, 2.75) is 32.8 Å². The summed E-state index contributed by atoms with van der Waals surface area (Å²) in [5.41, 5.74) is 3.28. The van der Waals surface area contributed by atoms with Gasteiger partial charge in [0.15, 0.2) is 0 Å². The molecule has 0 radical (unpaired) electrons. The van der Waals surface area contributed by atoms with Crippen molar-refractivity contribution in [1.29, 1.82) is 0 Å². The van der Waals surface area contributed by atoms with E-state index in [0.717, 1.165) is 11.1 Å². The molecule has 0 heterocycles. The van der Waals surface area contributed by atoms with E-state index in [1.807, 2.05) is 31.2 Å². The van der Waals surface area contributed by atoms with Crippen LogP contribution in [0, 0.1) is 13.8 Å². The molecule has 100 valence electrons. The Hall–Kier alpha value is -1.80. The normalized spacial score (nSPS) is 14.1. The van der Waals surface area contributed by atoms with Crippen molar-refractivity contribution in [3.8, 4) is 5.75 Å². The number of hydrogen-bond donors (Lipinski definition) is 2. The lowest BCUT2D eigenvalue weighted by atomic mass is 9.87. The maximum absolute atomic E-state index is 10.7. The lowest BCUT2D eigenvalue weighted by Crippen LogP contribution is -2.24. The first-order chi connectivity index (χ1) is 8.88. The number of aryl methyl sites for hydroxylation is 2. The number of rotatable bonds is 3. The lowest BCUT2D eigenvalue weighted by molar-refractivity contribution is 0.0575. The third kappa shape index (κ3) is 3.15. The molecule has 2 N–H and O–H groups in total. The third-order valence-corrected chi connectivity index (χ3v) is 3.59. The molecule has 0 aromatic heterocycles. The highest BCUT2D eigenvalue weighted by Crippen LogP contribution is 2.27. The summed E-state index contributed by atoms with van der Waals surface area (Å²) in [6, 6.07) is 13.0. The highest BCUT2D eigenvalue weighted by molar-refractivity contribution is 5.35. The largest absolute Gasteiger partial charge is 0.508 e. The van der Waals surface area contributed by atoms with Crippen molar-refractivity contribution < 1.29 is 10.2 Å². The van der Waals surface area contributed by atoms with E-state index >= 15 is 0 Å². The molecule has 0 aliphatic heterocycles. The van der Waals surface area contributed by atoms with Gasteiger partial charge in [-0.1, -0.05) is 30.3 Å². The molecular formula is C17H20O2. The van der Waals surface area contributed by atoms with E-state index < -0.39 is 5.60 Å². The first kappa shape index (κ1) is 13.6. The maximum Gasteiger partial charge on any atom is 0.115 e. The van der Waals surface area contributed by atoms with Crippen molar-refractivity contribution in [1.82, 2.24) is 0 Å². The molecule has 0 spiro atoms. The topological polar surface area (TPSA) is 40.5 Å². The van der Waals surface area contributed by atoms with Crippen LogP contribution in [0.3, 0.4) is 0 Å². The SMILES string of the molecule is Cc1ccc(C(C)(O)Cc2cccc(O)c2)cc1C. The second-order valence-corrected chi connectivity index (χ2v) is 5.42. The zero-order chi connectivity index (χ0) is 14.0. The van der Waals surface area contributed by atoms with Gasteiger partial charge in [0.25, 0.3) is 0 Å². The van der Waals surface area contributed by atoms with Crippen LogP contribution in [-0.4, -0.2) is 10.2 Å². The molecule has 0 fully saturated rings. The van der Waals surface area contributed by atoms with E-state index in [1.54, 1.807) is 25.1 Å². The van der Waals surface area contributed by atoms with Gasteiger partial charge in [0.2, 0.25) is 0 Å². The van der Waals surface area contributed by atoms with Crippen molar-refractivity contribution >= 4 is 0 Å². The standard InChI is InChI=1S/C17H20O2/c1-12-7-8-15(9-13(12)2)17(3,19)11-14-5-4-6-16(18)10-14/h4-10,18-19H,11H2,1-3H3. The van der Waals surface area contributed by atoms with Crippen LogP contribution in [-0.2, 0) is 12.0 Å². The van der Waals surface area contributed by atoms with Gasteiger partial charge in [0, 0.05) is 6.42 Å². The first-order valence-corrected chi connectivity index (χ1v) is 6.46. The average Bonchev–Trinajstić information content (AvgIpc) is 2.32. The highest BCUT2D eigenvalue weighted by atomic mass is 16.3. The molecule has 1 atom stereocenters. The molecule has 1 unspecified atom stereocenters. The fourth-order valence-corrected chi connectivity index (χ4v) is 2.24. The summed E-state index contributed by atoms with van der Waals surface area (Å²) in [7, 11) is 0. The summed E-state index contributed by atoms with van der Waals surface area (Å²) < 4.78 is 0. The van der Waals surface area contributed by atoms with Gasteiger partial charge < -0.3 is 10.2 Å². The smallest absolute Gasteiger partial charge is 0.115 e. The molecule has 0 saturated carbocycles. The lowest BCUT2D eigenvalue weighted by Gasteiger charge is -2.25. The summed E-state index contributed by atoms with van der Waals surface area (Å²) >= 11 is 0. The minimum absolute atomic E-state index is 0.230. The Labute approximate surface area is 114 Å². The Morgan fingerprint density at radius 3 is 2.37 bits per heavy atom. The molecule has 2 nitrogen and oxygen atoms in total. The van der Waals surface area contributed by atoms with Crippen molar-refractivity contribution in [3.05, 3.63) is 64.7 Å². The van der Waals surface area contributed by atoms with Gasteiger partial charge in [-0.05, 0) is 55.2 Å². The molecule has 2 aromatic carbocycles. The molecule has 0 amide bonds. The fraction of sp³-hybridized carbons (Fsp3) is 0.294. The van der Waals surface area contributed by atoms with E-state index in [-0.39, 0.29) is 5.75 Å². The van der Waals surface area contributed by atoms with Gasteiger partial charge in [0.1, 0.15) is 5.75 Å². The highest BCUT2D eigenvalue weighted by Gasteiger charge is 2.24. The third-order valence-electron chi connectivity index (χ3n) is 3.59. The van der Waals surface area contributed by atoms with E-state index in [1.165, 1.54) is 11.1 Å². The van der Waals surface area contributed by atoms with Crippen LogP contribution in [0.1, 0.15) is 29.2 Å². The van der Waals surface area contributed by atoms with Crippen LogP contribution in [0.2, 0.25) is 0 Å². The number of aliphatic hydroxyl groups is 1. The zero-order valence-corrected chi connectivity index (χ0v) is 11.6. The fourth-order valence-electron chi connectivity index (χ4n) is 2.24. The summed E-state index contributed by atoms with van der Waals surface area (Å²) in [4.78, 5) is 0. The van der Waals surface area contributed by atoms with Crippen LogP contribution in [0.4, 0.5) is 0 Å². The first-order valence-electron chi connectivity index (χ1n) is 6.46. The molecule has 0 bridgehead atoms. The van der Waals surface area contributed by atoms with Gasteiger partial charge in [-0.3, -0.25) is 0 Å². The van der Waals surface area contributed by atoms with Gasteiger partial charge in [0.05, 0.1) is 5.60 Å². The molecule has 0 aliphatic carbocycles. The predicted molar refractivity (Wildman–Crippen MR) is 77.3 cm³/mol. The Kier molecular flexibility index (Phi) is 3.63. The monoisotopic (exact) mass is 256 g/mol. The Morgan fingerprint density at radius 1 is 1.00 bits per heavy atom. The van der Waals surface area contributed by atoms with Crippen LogP contribution in [0.15, 0.2) is 42.5 Å². The number of aromatic hydroxyl groups is 1. The van der Waals surface area contributed by atoms with E-state index in [2.05, 4.69) is 6.92 Å². The molecular weight excluding hydrogens is 236 g/mol. The molecule has 19 heavy (non-hydrogen) atoms. The number of benzene rings is 2. The van der Waals surface area contributed by atoms with Crippen LogP contribution >= 0.6 is 0 Å². The van der Waals surface area contributed by atoms with Crippen molar-refractivity contribution in [2.24, 2.45) is 0 Å². The molecule has 0 saturated heterocycles. The minimum Gasteiger partial charge on any atom is -0.508 e. The zero-order valence-electron chi connectivity index (χ0n) is 11.6. The molecule has 0 aliphatic rings. The predicted octanol–water partition coefficient (Wildman–Crippen LogP) is 3.46. The van der Waals surface area contributed by atoms with Crippen molar-refractivity contribution in [2.75, 3.05) is 0 Å². The van der Waals surface area contributed by atoms with E-state index in [9.17, 15) is 10.2 Å². The Balaban J connectivity index is 2.29. The second-order valence-electron chi connectivity index (χ2n) is 5.42. The average molecular weight is 256 g/mol. The quantitative estimate of drug-likeness (QED) is 0.883. The summed E-state index contributed by atoms with van der Waals surface area (Å²) in [5.74, 6) is 0.230. The van der Waals surface area contributed by atoms with Gasteiger partial charge in [-0.25, -0.2) is 0 Å².